The normalized spacial score (nSPS) is 16.2. The first kappa shape index (κ1) is 18.5. The molecule has 0 spiro atoms. The fourth-order valence-corrected chi connectivity index (χ4v) is 2.56. The minimum Gasteiger partial charge on any atom is -0.466 e. The van der Waals surface area contributed by atoms with Gasteiger partial charge in [-0.25, -0.2) is 0 Å². The van der Waals surface area contributed by atoms with Crippen molar-refractivity contribution in [3.05, 3.63) is 23.2 Å². The molecular weight excluding hydrogens is 306 g/mol. The fourth-order valence-electron chi connectivity index (χ4n) is 2.56. The molecule has 22 heavy (non-hydrogen) atoms. The zero-order valence-electron chi connectivity index (χ0n) is 13.3. The Labute approximate surface area is 137 Å². The molecule has 2 rings (SSSR count). The number of nitrogens with two attached hydrogens (primary N) is 1. The summed E-state index contributed by atoms with van der Waals surface area (Å²) in [5, 5.41) is 0. The van der Waals surface area contributed by atoms with Crippen LogP contribution in [0.3, 0.4) is 0 Å². The molecule has 0 aliphatic carbocycles. The quantitative estimate of drug-likeness (QED) is 0.903. The van der Waals surface area contributed by atoms with Crippen LogP contribution in [0.1, 0.15) is 28.8 Å². The number of carbonyl (C=O) groups is 2. The second-order valence-electron chi connectivity index (χ2n) is 5.58. The van der Waals surface area contributed by atoms with E-state index < -0.39 is 0 Å². The molecule has 2 heterocycles. The Hall–Kier alpha value is -1.53. The van der Waals surface area contributed by atoms with Gasteiger partial charge in [0.25, 0.3) is 5.91 Å². The summed E-state index contributed by atoms with van der Waals surface area (Å²) < 4.78 is 5.41. The van der Waals surface area contributed by atoms with Gasteiger partial charge in [-0.05, 0) is 19.9 Å². The van der Waals surface area contributed by atoms with Crippen LogP contribution in [0.25, 0.3) is 0 Å². The molecule has 124 valence electrons. The maximum Gasteiger partial charge on any atom is 0.257 e. The van der Waals surface area contributed by atoms with E-state index >= 15 is 0 Å². The number of furan rings is 1. The lowest BCUT2D eigenvalue weighted by atomic mass is 10.1. The Morgan fingerprint density at radius 2 is 1.77 bits per heavy atom. The largest absolute Gasteiger partial charge is 0.466 e. The summed E-state index contributed by atoms with van der Waals surface area (Å²) in [6.07, 6.45) is 0. The zero-order valence-corrected chi connectivity index (χ0v) is 14.1. The average Bonchev–Trinajstić information content (AvgIpc) is 2.83. The first-order valence-electron chi connectivity index (χ1n) is 7.29. The smallest absolute Gasteiger partial charge is 0.257 e. The van der Waals surface area contributed by atoms with Crippen LogP contribution in [0.15, 0.2) is 10.5 Å². The molecule has 0 radical (unpaired) electrons. The number of aryl methyl sites for hydroxylation is 2. The van der Waals surface area contributed by atoms with E-state index in [9.17, 15) is 9.59 Å². The highest BCUT2D eigenvalue weighted by atomic mass is 35.5. The van der Waals surface area contributed by atoms with Crippen LogP contribution in [-0.4, -0.2) is 54.3 Å². The molecule has 2 N–H and O–H groups in total. The van der Waals surface area contributed by atoms with Gasteiger partial charge in [-0.2, -0.15) is 0 Å². The van der Waals surface area contributed by atoms with Crippen LogP contribution in [0.5, 0.6) is 0 Å². The Morgan fingerprint density at radius 1 is 1.23 bits per heavy atom. The summed E-state index contributed by atoms with van der Waals surface area (Å²) in [4.78, 5) is 28.1. The maximum atomic E-state index is 12.4. The minimum absolute atomic E-state index is 0. The lowest BCUT2D eigenvalue weighted by Crippen LogP contribution is -2.52. The summed E-state index contributed by atoms with van der Waals surface area (Å²) in [6, 6.07) is 1.77. The van der Waals surface area contributed by atoms with E-state index in [-0.39, 0.29) is 30.1 Å². The minimum atomic E-state index is -0.161. The van der Waals surface area contributed by atoms with Gasteiger partial charge in [-0.1, -0.05) is 6.92 Å². The number of hydrogen-bond donors (Lipinski definition) is 1. The highest BCUT2D eigenvalue weighted by Crippen LogP contribution is 2.17. The number of hydrogen-bond acceptors (Lipinski definition) is 4. The lowest BCUT2D eigenvalue weighted by molar-refractivity contribution is -0.136. The van der Waals surface area contributed by atoms with E-state index in [2.05, 4.69) is 0 Å². The fraction of sp³-hybridized carbons (Fsp3) is 0.600. The van der Waals surface area contributed by atoms with Gasteiger partial charge >= 0.3 is 0 Å². The van der Waals surface area contributed by atoms with E-state index in [4.69, 9.17) is 10.2 Å². The Morgan fingerprint density at radius 3 is 2.23 bits per heavy atom. The third kappa shape index (κ3) is 3.81. The Bertz CT molecular complexity index is 536. The molecule has 1 aliphatic heterocycles. The van der Waals surface area contributed by atoms with Crippen LogP contribution in [0, 0.1) is 19.8 Å². The van der Waals surface area contributed by atoms with Crippen molar-refractivity contribution < 1.29 is 14.0 Å². The molecule has 1 atom stereocenters. The van der Waals surface area contributed by atoms with E-state index in [1.165, 1.54) is 0 Å². The summed E-state index contributed by atoms with van der Waals surface area (Å²) >= 11 is 0. The second kappa shape index (κ2) is 7.65. The van der Waals surface area contributed by atoms with Gasteiger partial charge in [0.2, 0.25) is 5.91 Å². The molecule has 2 amide bonds. The number of rotatable bonds is 3. The lowest BCUT2D eigenvalue weighted by Gasteiger charge is -2.35. The molecule has 1 saturated heterocycles. The Balaban J connectivity index is 0.00000242. The van der Waals surface area contributed by atoms with Gasteiger partial charge in [-0.3, -0.25) is 9.59 Å². The standard InChI is InChI=1S/C15H23N3O3.ClH/c1-10(9-16)14(19)17-4-6-18(7-5-17)15(20)13-8-11(2)21-12(13)3;/h8,10H,4-7,9,16H2,1-3H3;1H. The van der Waals surface area contributed by atoms with Gasteiger partial charge in [-0.15, -0.1) is 12.4 Å². The molecule has 0 bridgehead atoms. The maximum absolute atomic E-state index is 12.4. The van der Waals surface area contributed by atoms with E-state index in [0.717, 1.165) is 5.76 Å². The molecule has 1 aromatic rings. The predicted molar refractivity (Wildman–Crippen MR) is 86.1 cm³/mol. The van der Waals surface area contributed by atoms with Crippen LogP contribution in [0.2, 0.25) is 0 Å². The molecule has 0 saturated carbocycles. The number of amides is 2. The van der Waals surface area contributed by atoms with Crippen molar-refractivity contribution in [2.75, 3.05) is 32.7 Å². The highest BCUT2D eigenvalue weighted by Gasteiger charge is 2.28. The van der Waals surface area contributed by atoms with E-state index in [1.807, 2.05) is 13.8 Å². The topological polar surface area (TPSA) is 79.8 Å². The number of piperazine rings is 1. The third-order valence-electron chi connectivity index (χ3n) is 3.93. The molecule has 1 fully saturated rings. The van der Waals surface area contributed by atoms with Crippen LogP contribution in [0.4, 0.5) is 0 Å². The van der Waals surface area contributed by atoms with E-state index in [0.29, 0.717) is 44.0 Å². The molecule has 6 nitrogen and oxygen atoms in total. The zero-order chi connectivity index (χ0) is 15.6. The highest BCUT2D eigenvalue weighted by molar-refractivity contribution is 5.95. The van der Waals surface area contributed by atoms with Crippen molar-refractivity contribution in [2.24, 2.45) is 11.7 Å². The number of carbonyl (C=O) groups excluding carboxylic acids is 2. The van der Waals surface area contributed by atoms with Crippen LogP contribution >= 0.6 is 12.4 Å². The van der Waals surface area contributed by atoms with Crippen molar-refractivity contribution in [1.82, 2.24) is 9.80 Å². The number of halogens is 1. The average molecular weight is 330 g/mol. The van der Waals surface area contributed by atoms with Crippen molar-refractivity contribution >= 4 is 24.2 Å². The monoisotopic (exact) mass is 329 g/mol. The third-order valence-corrected chi connectivity index (χ3v) is 3.93. The van der Waals surface area contributed by atoms with Gasteiger partial charge in [0.15, 0.2) is 0 Å². The summed E-state index contributed by atoms with van der Waals surface area (Å²) in [6.45, 7) is 8.02. The van der Waals surface area contributed by atoms with E-state index in [1.54, 1.807) is 22.8 Å². The first-order valence-corrected chi connectivity index (χ1v) is 7.29. The van der Waals surface area contributed by atoms with Gasteiger partial charge in [0.05, 0.1) is 5.56 Å². The van der Waals surface area contributed by atoms with Crippen molar-refractivity contribution in [3.8, 4) is 0 Å². The van der Waals surface area contributed by atoms with Crippen molar-refractivity contribution in [3.63, 3.8) is 0 Å². The summed E-state index contributed by atoms with van der Waals surface area (Å²) in [5.41, 5.74) is 6.14. The molecular formula is C15H24ClN3O3. The van der Waals surface area contributed by atoms with Gasteiger partial charge in [0.1, 0.15) is 11.5 Å². The first-order chi connectivity index (χ1) is 9.93. The molecule has 0 aromatic carbocycles. The molecule has 7 heteroatoms. The summed E-state index contributed by atoms with van der Waals surface area (Å²) in [5.74, 6) is 1.27. The van der Waals surface area contributed by atoms with Crippen LogP contribution < -0.4 is 5.73 Å². The molecule has 1 unspecified atom stereocenters. The van der Waals surface area contributed by atoms with Gasteiger partial charge < -0.3 is 20.0 Å². The molecule has 1 aliphatic rings. The van der Waals surface area contributed by atoms with Crippen molar-refractivity contribution in [1.29, 1.82) is 0 Å². The van der Waals surface area contributed by atoms with Crippen molar-refractivity contribution in [2.45, 2.75) is 20.8 Å². The van der Waals surface area contributed by atoms with Crippen LogP contribution in [-0.2, 0) is 4.79 Å². The van der Waals surface area contributed by atoms with Gasteiger partial charge in [0, 0.05) is 38.6 Å². The SMILES string of the molecule is Cc1cc(C(=O)N2CCN(C(=O)C(C)CN)CC2)c(C)o1.Cl. The molecule has 1 aromatic heterocycles. The summed E-state index contributed by atoms with van der Waals surface area (Å²) in [7, 11) is 0. The predicted octanol–water partition coefficient (Wildman–Crippen LogP) is 1.20. The number of nitrogens with zero attached hydrogens (tertiary/aromatic N) is 2. The Kier molecular flexibility index (Phi) is 6.44. The second-order valence-corrected chi connectivity index (χ2v) is 5.58.